The Morgan fingerprint density at radius 2 is 1.81 bits per heavy atom. The Kier molecular flexibility index (Phi) is 5.60. The molecule has 1 aliphatic heterocycles. The van der Waals surface area contributed by atoms with Gasteiger partial charge in [-0.15, -0.1) is 0 Å². The van der Waals surface area contributed by atoms with Crippen LogP contribution in [0.2, 0.25) is 0 Å². The standard InChI is InChI=1S/C19H23NO5S2/c1-14-4-3-5-15(10-14)11-20-18-12-26(21,22)13-19(18)27(23,24)17-8-6-16(25-2)7-9-17/h3-10,18-20H,11-13H2,1-2H3/t18-,19-/m0/s1. The van der Waals surface area contributed by atoms with Crippen molar-refractivity contribution in [3.8, 4) is 5.75 Å². The molecule has 0 aromatic heterocycles. The SMILES string of the molecule is COc1ccc(S(=O)(=O)[C@H]2CS(=O)(=O)C[C@@H]2NCc2cccc(C)c2)cc1. The smallest absolute Gasteiger partial charge is 0.183 e. The Balaban J connectivity index is 1.84. The highest BCUT2D eigenvalue weighted by Gasteiger charge is 2.45. The summed E-state index contributed by atoms with van der Waals surface area (Å²) in [6, 6.07) is 13.2. The normalized spacial score (nSPS) is 21.9. The molecule has 0 unspecified atom stereocenters. The predicted octanol–water partition coefficient (Wildman–Crippen LogP) is 1.73. The number of benzene rings is 2. The first-order valence-corrected chi connectivity index (χ1v) is 12.0. The van der Waals surface area contributed by atoms with Crippen LogP contribution in [0.1, 0.15) is 11.1 Å². The van der Waals surface area contributed by atoms with Gasteiger partial charge in [0, 0.05) is 12.6 Å². The van der Waals surface area contributed by atoms with E-state index in [2.05, 4.69) is 5.32 Å². The van der Waals surface area contributed by atoms with Gasteiger partial charge in [0.2, 0.25) is 0 Å². The maximum absolute atomic E-state index is 13.1. The summed E-state index contributed by atoms with van der Waals surface area (Å²) in [4.78, 5) is 0.104. The number of rotatable bonds is 6. The third kappa shape index (κ3) is 4.51. The minimum atomic E-state index is -3.79. The first-order chi connectivity index (χ1) is 12.7. The predicted molar refractivity (Wildman–Crippen MR) is 104 cm³/mol. The van der Waals surface area contributed by atoms with E-state index in [-0.39, 0.29) is 16.4 Å². The maximum atomic E-state index is 13.1. The highest BCUT2D eigenvalue weighted by molar-refractivity contribution is 7.96. The first kappa shape index (κ1) is 19.9. The number of aryl methyl sites for hydroxylation is 1. The van der Waals surface area contributed by atoms with Crippen molar-refractivity contribution in [2.24, 2.45) is 0 Å². The third-order valence-electron chi connectivity index (χ3n) is 4.74. The summed E-state index contributed by atoms with van der Waals surface area (Å²) in [6.45, 7) is 2.39. The highest BCUT2D eigenvalue weighted by atomic mass is 32.2. The summed E-state index contributed by atoms with van der Waals surface area (Å²) in [5, 5.41) is 2.13. The summed E-state index contributed by atoms with van der Waals surface area (Å²) in [7, 11) is -5.72. The molecule has 0 radical (unpaired) electrons. The van der Waals surface area contributed by atoms with Crippen LogP contribution in [0.4, 0.5) is 0 Å². The van der Waals surface area contributed by atoms with E-state index in [0.717, 1.165) is 11.1 Å². The van der Waals surface area contributed by atoms with Crippen LogP contribution in [-0.2, 0) is 26.2 Å². The van der Waals surface area contributed by atoms with Gasteiger partial charge in [0.1, 0.15) is 5.75 Å². The minimum absolute atomic E-state index is 0.104. The molecule has 1 heterocycles. The van der Waals surface area contributed by atoms with Crippen LogP contribution in [0.5, 0.6) is 5.75 Å². The number of methoxy groups -OCH3 is 1. The van der Waals surface area contributed by atoms with Crippen LogP contribution in [0.15, 0.2) is 53.4 Å². The van der Waals surface area contributed by atoms with Gasteiger partial charge in [0.25, 0.3) is 0 Å². The molecule has 2 atom stereocenters. The molecule has 0 spiro atoms. The van der Waals surface area contributed by atoms with Crippen molar-refractivity contribution in [3.63, 3.8) is 0 Å². The largest absolute Gasteiger partial charge is 0.497 e. The van der Waals surface area contributed by atoms with Crippen LogP contribution in [-0.4, -0.2) is 46.7 Å². The van der Waals surface area contributed by atoms with Crippen molar-refractivity contribution < 1.29 is 21.6 Å². The van der Waals surface area contributed by atoms with E-state index in [1.807, 2.05) is 31.2 Å². The summed E-state index contributed by atoms with van der Waals surface area (Å²) >= 11 is 0. The Bertz CT molecular complexity index is 1010. The van der Waals surface area contributed by atoms with Crippen LogP contribution < -0.4 is 10.1 Å². The molecule has 2 aromatic rings. The molecule has 3 rings (SSSR count). The van der Waals surface area contributed by atoms with Crippen LogP contribution in [0.3, 0.4) is 0 Å². The van der Waals surface area contributed by atoms with Gasteiger partial charge in [-0.2, -0.15) is 0 Å². The lowest BCUT2D eigenvalue weighted by Gasteiger charge is -2.20. The van der Waals surface area contributed by atoms with Crippen molar-refractivity contribution in [1.82, 2.24) is 5.32 Å². The molecular formula is C19H23NO5S2. The van der Waals surface area contributed by atoms with Gasteiger partial charge in [-0.05, 0) is 36.8 Å². The summed E-state index contributed by atoms with van der Waals surface area (Å²) in [5.74, 6) is -0.00626. The van der Waals surface area contributed by atoms with Crippen molar-refractivity contribution in [1.29, 1.82) is 0 Å². The average molecular weight is 410 g/mol. The second-order valence-electron chi connectivity index (χ2n) is 6.81. The van der Waals surface area contributed by atoms with E-state index in [9.17, 15) is 16.8 Å². The third-order valence-corrected chi connectivity index (χ3v) is 8.90. The lowest BCUT2D eigenvalue weighted by molar-refractivity contribution is 0.414. The van der Waals surface area contributed by atoms with E-state index in [0.29, 0.717) is 12.3 Å². The van der Waals surface area contributed by atoms with Gasteiger partial charge in [0.05, 0.1) is 28.8 Å². The molecule has 1 saturated heterocycles. The zero-order chi connectivity index (χ0) is 19.7. The molecule has 27 heavy (non-hydrogen) atoms. The lowest BCUT2D eigenvalue weighted by Crippen LogP contribution is -2.43. The molecule has 8 heteroatoms. The topological polar surface area (TPSA) is 89.5 Å². The van der Waals surface area contributed by atoms with Crippen molar-refractivity contribution in [2.75, 3.05) is 18.6 Å². The Hall–Kier alpha value is -1.90. The molecule has 6 nitrogen and oxygen atoms in total. The fourth-order valence-corrected chi connectivity index (χ4v) is 8.04. The lowest BCUT2D eigenvalue weighted by atomic mass is 10.1. The average Bonchev–Trinajstić information content (AvgIpc) is 2.95. The van der Waals surface area contributed by atoms with E-state index >= 15 is 0 Å². The number of nitrogens with one attached hydrogen (secondary N) is 1. The van der Waals surface area contributed by atoms with Gasteiger partial charge >= 0.3 is 0 Å². The van der Waals surface area contributed by atoms with E-state index < -0.39 is 31.0 Å². The van der Waals surface area contributed by atoms with E-state index in [4.69, 9.17) is 4.74 Å². The molecule has 0 bridgehead atoms. The monoisotopic (exact) mass is 409 g/mol. The van der Waals surface area contributed by atoms with Crippen LogP contribution in [0, 0.1) is 6.92 Å². The number of sulfone groups is 2. The van der Waals surface area contributed by atoms with Crippen LogP contribution >= 0.6 is 0 Å². The number of ether oxygens (including phenoxy) is 1. The molecule has 2 aromatic carbocycles. The van der Waals surface area contributed by atoms with Crippen molar-refractivity contribution >= 4 is 19.7 Å². The molecular weight excluding hydrogens is 386 g/mol. The summed E-state index contributed by atoms with van der Waals surface area (Å²) < 4.78 is 55.5. The zero-order valence-corrected chi connectivity index (χ0v) is 16.9. The summed E-state index contributed by atoms with van der Waals surface area (Å²) in [6.07, 6.45) is 0. The zero-order valence-electron chi connectivity index (χ0n) is 15.3. The Morgan fingerprint density at radius 3 is 2.44 bits per heavy atom. The Labute approximate surface area is 160 Å². The minimum Gasteiger partial charge on any atom is -0.497 e. The van der Waals surface area contributed by atoms with E-state index in [1.54, 1.807) is 12.1 Å². The molecule has 1 fully saturated rings. The van der Waals surface area contributed by atoms with Gasteiger partial charge < -0.3 is 10.1 Å². The second-order valence-corrected chi connectivity index (χ2v) is 11.1. The molecule has 0 amide bonds. The van der Waals surface area contributed by atoms with Gasteiger partial charge in [0.15, 0.2) is 19.7 Å². The quantitative estimate of drug-likeness (QED) is 0.782. The van der Waals surface area contributed by atoms with E-state index in [1.165, 1.54) is 19.2 Å². The Morgan fingerprint density at radius 1 is 1.11 bits per heavy atom. The fraction of sp³-hybridized carbons (Fsp3) is 0.368. The molecule has 1 N–H and O–H groups in total. The molecule has 1 aliphatic rings. The van der Waals surface area contributed by atoms with Crippen molar-refractivity contribution in [2.45, 2.75) is 29.7 Å². The van der Waals surface area contributed by atoms with Crippen molar-refractivity contribution in [3.05, 3.63) is 59.7 Å². The number of hydrogen-bond donors (Lipinski definition) is 1. The molecule has 146 valence electrons. The number of hydrogen-bond acceptors (Lipinski definition) is 6. The molecule has 0 saturated carbocycles. The highest BCUT2D eigenvalue weighted by Crippen LogP contribution is 2.27. The molecule has 0 aliphatic carbocycles. The maximum Gasteiger partial charge on any atom is 0.183 e. The second kappa shape index (κ2) is 7.61. The fourth-order valence-electron chi connectivity index (χ4n) is 3.32. The van der Waals surface area contributed by atoms with Crippen LogP contribution in [0.25, 0.3) is 0 Å². The van der Waals surface area contributed by atoms with Gasteiger partial charge in [-0.25, -0.2) is 16.8 Å². The summed E-state index contributed by atoms with van der Waals surface area (Å²) in [5.41, 5.74) is 2.08. The first-order valence-electron chi connectivity index (χ1n) is 8.58. The van der Waals surface area contributed by atoms with Gasteiger partial charge in [-0.1, -0.05) is 29.8 Å². The van der Waals surface area contributed by atoms with Gasteiger partial charge in [-0.3, -0.25) is 0 Å².